The Labute approximate surface area is 186 Å². The van der Waals surface area contributed by atoms with Gasteiger partial charge in [0.15, 0.2) is 11.0 Å². The van der Waals surface area contributed by atoms with Gasteiger partial charge in [0.05, 0.1) is 11.4 Å². The number of carbonyl (C=O) groups excluding carboxylic acids is 1. The van der Waals surface area contributed by atoms with E-state index in [1.54, 1.807) is 0 Å². The van der Waals surface area contributed by atoms with E-state index in [2.05, 4.69) is 46.8 Å². The molecule has 2 aromatic carbocycles. The number of hydrogen-bond donors (Lipinski definition) is 0. The van der Waals surface area contributed by atoms with Crippen molar-refractivity contribution >= 4 is 29.3 Å². The van der Waals surface area contributed by atoms with Crippen LogP contribution in [0.2, 0.25) is 5.02 Å². The number of aromatic nitrogens is 3. The number of benzene rings is 2. The lowest BCUT2D eigenvalue weighted by Gasteiger charge is -2.18. The minimum atomic E-state index is 0.164. The summed E-state index contributed by atoms with van der Waals surface area (Å²) in [5.41, 5.74) is 3.18. The van der Waals surface area contributed by atoms with Crippen LogP contribution in [-0.4, -0.2) is 44.4 Å². The van der Waals surface area contributed by atoms with Crippen LogP contribution >= 0.6 is 23.4 Å². The molecule has 4 rings (SSSR count). The van der Waals surface area contributed by atoms with Crippen molar-refractivity contribution in [2.75, 3.05) is 18.8 Å². The predicted octanol–water partition coefficient (Wildman–Crippen LogP) is 5.43. The third kappa shape index (κ3) is 4.40. The molecular formula is C23H25ClN4OS. The van der Waals surface area contributed by atoms with Gasteiger partial charge in [-0.1, -0.05) is 55.4 Å². The standard InChI is InChI=1S/C23H25ClN4OS/c1-16(2)19-7-3-4-8-20(19)28-22(17-9-11-18(24)12-10-17)25-26-23(28)30-15-21(29)27-13-5-6-14-27/h3-4,7-12,16H,5-6,13-15H2,1-2H3. The summed E-state index contributed by atoms with van der Waals surface area (Å²) in [4.78, 5) is 14.5. The molecule has 7 heteroatoms. The average molecular weight is 441 g/mol. The van der Waals surface area contributed by atoms with Gasteiger partial charge in [0.2, 0.25) is 5.91 Å². The first-order valence-electron chi connectivity index (χ1n) is 10.3. The van der Waals surface area contributed by atoms with E-state index in [1.807, 2.05) is 35.2 Å². The Morgan fingerprint density at radius 2 is 1.77 bits per heavy atom. The van der Waals surface area contributed by atoms with E-state index in [9.17, 15) is 4.79 Å². The molecular weight excluding hydrogens is 416 g/mol. The van der Waals surface area contributed by atoms with Crippen molar-refractivity contribution in [1.29, 1.82) is 0 Å². The topological polar surface area (TPSA) is 51.0 Å². The molecule has 156 valence electrons. The number of nitrogens with zero attached hydrogens (tertiary/aromatic N) is 4. The van der Waals surface area contributed by atoms with E-state index in [-0.39, 0.29) is 5.91 Å². The molecule has 1 aromatic heterocycles. The Morgan fingerprint density at radius 3 is 2.47 bits per heavy atom. The lowest BCUT2D eigenvalue weighted by molar-refractivity contribution is -0.127. The van der Waals surface area contributed by atoms with E-state index in [0.717, 1.165) is 48.2 Å². The molecule has 0 spiro atoms. The van der Waals surface area contributed by atoms with Crippen molar-refractivity contribution in [3.63, 3.8) is 0 Å². The minimum absolute atomic E-state index is 0.164. The molecule has 0 unspecified atom stereocenters. The summed E-state index contributed by atoms with van der Waals surface area (Å²) in [6.45, 7) is 6.07. The first-order chi connectivity index (χ1) is 14.5. The number of thioether (sulfide) groups is 1. The molecule has 1 saturated heterocycles. The molecule has 0 aliphatic carbocycles. The fraction of sp³-hybridized carbons (Fsp3) is 0.348. The maximum Gasteiger partial charge on any atom is 0.233 e. The zero-order valence-electron chi connectivity index (χ0n) is 17.2. The fourth-order valence-corrected chi connectivity index (χ4v) is 4.70. The third-order valence-corrected chi connectivity index (χ3v) is 6.48. The second kappa shape index (κ2) is 9.23. The van der Waals surface area contributed by atoms with E-state index in [1.165, 1.54) is 17.3 Å². The number of likely N-dealkylation sites (tertiary alicyclic amines) is 1. The summed E-state index contributed by atoms with van der Waals surface area (Å²) in [5, 5.41) is 10.4. The van der Waals surface area contributed by atoms with E-state index in [0.29, 0.717) is 16.7 Å². The smallest absolute Gasteiger partial charge is 0.233 e. The largest absolute Gasteiger partial charge is 0.342 e. The highest BCUT2D eigenvalue weighted by atomic mass is 35.5. The Morgan fingerprint density at radius 1 is 1.07 bits per heavy atom. The van der Waals surface area contributed by atoms with E-state index >= 15 is 0 Å². The van der Waals surface area contributed by atoms with Crippen molar-refractivity contribution in [3.05, 3.63) is 59.1 Å². The Balaban J connectivity index is 1.73. The third-order valence-electron chi connectivity index (χ3n) is 5.32. The zero-order valence-corrected chi connectivity index (χ0v) is 18.8. The molecule has 5 nitrogen and oxygen atoms in total. The van der Waals surface area contributed by atoms with E-state index < -0.39 is 0 Å². The first kappa shape index (κ1) is 20.9. The van der Waals surface area contributed by atoms with Gasteiger partial charge < -0.3 is 4.90 Å². The summed E-state index contributed by atoms with van der Waals surface area (Å²) >= 11 is 7.53. The van der Waals surface area contributed by atoms with Crippen molar-refractivity contribution in [2.45, 2.75) is 37.8 Å². The minimum Gasteiger partial charge on any atom is -0.342 e. The number of carbonyl (C=O) groups is 1. The van der Waals surface area contributed by atoms with Crippen LogP contribution in [0.25, 0.3) is 17.1 Å². The molecule has 2 heterocycles. The summed E-state index contributed by atoms with van der Waals surface area (Å²) in [5.74, 6) is 1.61. The highest BCUT2D eigenvalue weighted by molar-refractivity contribution is 7.99. The van der Waals surface area contributed by atoms with Gasteiger partial charge in [0.25, 0.3) is 0 Å². The molecule has 0 radical (unpaired) electrons. The molecule has 0 N–H and O–H groups in total. The molecule has 0 atom stereocenters. The summed E-state index contributed by atoms with van der Waals surface area (Å²) in [6.07, 6.45) is 2.18. The quantitative estimate of drug-likeness (QED) is 0.480. The van der Waals surface area contributed by atoms with Gasteiger partial charge in [0, 0.05) is 23.7 Å². The number of halogens is 1. The van der Waals surface area contributed by atoms with Gasteiger partial charge in [-0.25, -0.2) is 0 Å². The van der Waals surface area contributed by atoms with Crippen molar-refractivity contribution in [1.82, 2.24) is 19.7 Å². The second-order valence-electron chi connectivity index (χ2n) is 7.74. The highest BCUT2D eigenvalue weighted by Gasteiger charge is 2.22. The summed E-state index contributed by atoms with van der Waals surface area (Å²) in [6, 6.07) is 15.9. The van der Waals surface area contributed by atoms with Crippen LogP contribution < -0.4 is 0 Å². The monoisotopic (exact) mass is 440 g/mol. The number of para-hydroxylation sites is 1. The van der Waals surface area contributed by atoms with Crippen LogP contribution in [-0.2, 0) is 4.79 Å². The summed E-state index contributed by atoms with van der Waals surface area (Å²) < 4.78 is 2.07. The van der Waals surface area contributed by atoms with Gasteiger partial charge >= 0.3 is 0 Å². The van der Waals surface area contributed by atoms with Crippen molar-refractivity contribution in [2.24, 2.45) is 0 Å². The van der Waals surface area contributed by atoms with Gasteiger partial charge in [0.1, 0.15) is 0 Å². The van der Waals surface area contributed by atoms with E-state index in [4.69, 9.17) is 11.6 Å². The SMILES string of the molecule is CC(C)c1ccccc1-n1c(SCC(=O)N2CCCC2)nnc1-c1ccc(Cl)cc1. The molecule has 1 amide bonds. The molecule has 1 aliphatic rings. The van der Waals surface area contributed by atoms with Gasteiger partial charge in [-0.3, -0.25) is 9.36 Å². The molecule has 1 aliphatic heterocycles. The van der Waals surface area contributed by atoms with Crippen LogP contribution in [0.1, 0.15) is 38.2 Å². The number of hydrogen-bond acceptors (Lipinski definition) is 4. The zero-order chi connectivity index (χ0) is 21.1. The maximum absolute atomic E-state index is 12.6. The fourth-order valence-electron chi connectivity index (χ4n) is 3.73. The summed E-state index contributed by atoms with van der Waals surface area (Å²) in [7, 11) is 0. The predicted molar refractivity (Wildman–Crippen MR) is 122 cm³/mol. The lowest BCUT2D eigenvalue weighted by Crippen LogP contribution is -2.29. The lowest BCUT2D eigenvalue weighted by atomic mass is 10.0. The molecule has 0 bridgehead atoms. The first-order valence-corrected chi connectivity index (χ1v) is 11.6. The molecule has 30 heavy (non-hydrogen) atoms. The Kier molecular flexibility index (Phi) is 6.44. The van der Waals surface area contributed by atoms with Crippen molar-refractivity contribution in [3.8, 4) is 17.1 Å². The van der Waals surface area contributed by atoms with Crippen LogP contribution in [0.3, 0.4) is 0 Å². The number of rotatable bonds is 6. The molecule has 0 saturated carbocycles. The van der Waals surface area contributed by atoms with Gasteiger partial charge in [-0.15, -0.1) is 10.2 Å². The maximum atomic E-state index is 12.6. The van der Waals surface area contributed by atoms with Crippen LogP contribution in [0.15, 0.2) is 53.7 Å². The average Bonchev–Trinajstić information content (AvgIpc) is 3.43. The molecule has 3 aromatic rings. The Bertz CT molecular complexity index is 1030. The second-order valence-corrected chi connectivity index (χ2v) is 9.12. The van der Waals surface area contributed by atoms with Gasteiger partial charge in [-0.05, 0) is 54.7 Å². The van der Waals surface area contributed by atoms with Crippen molar-refractivity contribution < 1.29 is 4.79 Å². The normalized spacial score (nSPS) is 13.9. The molecule has 1 fully saturated rings. The number of amides is 1. The van der Waals surface area contributed by atoms with Crippen LogP contribution in [0.4, 0.5) is 0 Å². The highest BCUT2D eigenvalue weighted by Crippen LogP contribution is 2.32. The van der Waals surface area contributed by atoms with Crippen LogP contribution in [0, 0.1) is 0 Å². The van der Waals surface area contributed by atoms with Crippen LogP contribution in [0.5, 0.6) is 0 Å². The van der Waals surface area contributed by atoms with Gasteiger partial charge in [-0.2, -0.15) is 0 Å². The Hall–Kier alpha value is -2.31.